The third-order valence-electron chi connectivity index (χ3n) is 3.31. The van der Waals surface area contributed by atoms with Gasteiger partial charge in [-0.05, 0) is 37.1 Å². The fourth-order valence-corrected chi connectivity index (χ4v) is 2.66. The monoisotopic (exact) mass is 259 g/mol. The Bertz CT molecular complexity index is 597. The van der Waals surface area contributed by atoms with E-state index in [-0.39, 0.29) is 0 Å². The molecule has 0 bridgehead atoms. The summed E-state index contributed by atoms with van der Waals surface area (Å²) in [5.74, 6) is 0.750. The van der Waals surface area contributed by atoms with E-state index in [9.17, 15) is 0 Å². The van der Waals surface area contributed by atoms with Gasteiger partial charge in [0.2, 0.25) is 0 Å². The Labute approximate surface area is 111 Å². The number of rotatable bonds is 1. The van der Waals surface area contributed by atoms with E-state index < -0.39 is 0 Å². The number of pyridine rings is 1. The van der Waals surface area contributed by atoms with Crippen LogP contribution in [-0.4, -0.2) is 11.0 Å². The largest absolute Gasteiger partial charge is 0.396 e. The van der Waals surface area contributed by atoms with E-state index >= 15 is 0 Å². The van der Waals surface area contributed by atoms with Crippen molar-refractivity contribution < 1.29 is 0 Å². The van der Waals surface area contributed by atoms with Crippen molar-refractivity contribution in [3.05, 3.63) is 47.1 Å². The van der Waals surface area contributed by atoms with Gasteiger partial charge >= 0.3 is 0 Å². The van der Waals surface area contributed by atoms with Gasteiger partial charge in [0.15, 0.2) is 5.82 Å². The van der Waals surface area contributed by atoms with Gasteiger partial charge in [-0.1, -0.05) is 29.8 Å². The molecule has 1 aromatic heterocycles. The molecule has 18 heavy (non-hydrogen) atoms. The molecule has 1 aromatic carbocycles. The average Bonchev–Trinajstić information content (AvgIpc) is 2.68. The van der Waals surface area contributed by atoms with Crippen molar-refractivity contribution in [3.63, 3.8) is 0 Å². The summed E-state index contributed by atoms with van der Waals surface area (Å²) in [4.78, 5) is 6.53. The zero-order valence-electron chi connectivity index (χ0n) is 10.1. The van der Waals surface area contributed by atoms with Gasteiger partial charge < -0.3 is 10.6 Å². The highest BCUT2D eigenvalue weighted by molar-refractivity contribution is 6.29. The average molecular weight is 260 g/mol. The molecular formula is C14H14ClN3. The molecule has 0 spiro atoms. The van der Waals surface area contributed by atoms with Crippen molar-refractivity contribution in [3.8, 4) is 0 Å². The van der Waals surface area contributed by atoms with Crippen LogP contribution in [0.3, 0.4) is 0 Å². The number of anilines is 3. The summed E-state index contributed by atoms with van der Waals surface area (Å²) in [5, 5.41) is 0.468. The van der Waals surface area contributed by atoms with Gasteiger partial charge in [0.05, 0.1) is 5.69 Å². The van der Waals surface area contributed by atoms with E-state index in [1.165, 1.54) is 11.3 Å². The molecule has 1 unspecified atom stereocenters. The highest BCUT2D eigenvalue weighted by Crippen LogP contribution is 2.39. The number of benzene rings is 1. The Morgan fingerprint density at radius 3 is 2.89 bits per heavy atom. The Hall–Kier alpha value is -1.74. The Morgan fingerprint density at radius 1 is 1.28 bits per heavy atom. The number of hydrogen-bond acceptors (Lipinski definition) is 3. The first kappa shape index (κ1) is 11.4. The molecule has 2 N–H and O–H groups in total. The summed E-state index contributed by atoms with van der Waals surface area (Å²) >= 11 is 5.98. The molecule has 4 heteroatoms. The molecule has 2 aromatic rings. The predicted molar refractivity (Wildman–Crippen MR) is 75.4 cm³/mol. The van der Waals surface area contributed by atoms with E-state index in [0.717, 1.165) is 12.2 Å². The number of nitrogens with zero attached hydrogens (tertiary/aromatic N) is 2. The zero-order chi connectivity index (χ0) is 12.7. The number of nitrogens with two attached hydrogens (primary N) is 1. The fraction of sp³-hybridized carbons (Fsp3) is 0.214. The third-order valence-corrected chi connectivity index (χ3v) is 3.52. The summed E-state index contributed by atoms with van der Waals surface area (Å²) < 4.78 is 0. The van der Waals surface area contributed by atoms with Crippen molar-refractivity contribution in [1.29, 1.82) is 0 Å². The van der Waals surface area contributed by atoms with Crippen LogP contribution in [0.25, 0.3) is 0 Å². The fourth-order valence-electron chi connectivity index (χ4n) is 2.52. The lowest BCUT2D eigenvalue weighted by atomic mass is 10.1. The molecule has 1 aliphatic heterocycles. The highest BCUT2D eigenvalue weighted by Gasteiger charge is 2.28. The molecule has 92 valence electrons. The molecule has 1 aliphatic rings. The van der Waals surface area contributed by atoms with Crippen LogP contribution in [0, 0.1) is 0 Å². The van der Waals surface area contributed by atoms with E-state index in [0.29, 0.717) is 16.9 Å². The second-order valence-electron chi connectivity index (χ2n) is 4.60. The number of fused-ring (bicyclic) bond motifs is 1. The molecule has 3 nitrogen and oxygen atoms in total. The van der Waals surface area contributed by atoms with E-state index in [1.54, 1.807) is 12.1 Å². The molecule has 0 fully saturated rings. The van der Waals surface area contributed by atoms with Gasteiger partial charge in [-0.2, -0.15) is 0 Å². The van der Waals surface area contributed by atoms with Crippen molar-refractivity contribution >= 4 is 28.8 Å². The summed E-state index contributed by atoms with van der Waals surface area (Å²) in [6.07, 6.45) is 1.00. The molecule has 0 saturated carbocycles. The van der Waals surface area contributed by atoms with E-state index in [1.807, 2.05) is 6.07 Å². The maximum absolute atomic E-state index is 6.03. The summed E-state index contributed by atoms with van der Waals surface area (Å²) in [5.41, 5.74) is 9.18. The third kappa shape index (κ3) is 1.71. The summed E-state index contributed by atoms with van der Waals surface area (Å²) in [6, 6.07) is 12.2. The molecule has 2 heterocycles. The lowest BCUT2D eigenvalue weighted by molar-refractivity contribution is 0.751. The SMILES string of the molecule is CC1Cc2ccccc2N1c1nc(Cl)ccc1N. The molecule has 0 aliphatic carbocycles. The van der Waals surface area contributed by atoms with Gasteiger partial charge in [0.25, 0.3) is 0 Å². The first-order chi connectivity index (χ1) is 8.66. The first-order valence-electron chi connectivity index (χ1n) is 5.96. The first-order valence-corrected chi connectivity index (χ1v) is 6.34. The van der Waals surface area contributed by atoms with Crippen molar-refractivity contribution in [2.45, 2.75) is 19.4 Å². The molecule has 0 saturated heterocycles. The number of para-hydroxylation sites is 1. The number of nitrogen functional groups attached to an aromatic ring is 1. The predicted octanol–water partition coefficient (Wildman–Crippen LogP) is 3.40. The van der Waals surface area contributed by atoms with Crippen molar-refractivity contribution in [2.75, 3.05) is 10.6 Å². The zero-order valence-corrected chi connectivity index (χ0v) is 10.9. The normalized spacial score (nSPS) is 17.9. The molecule has 0 radical (unpaired) electrons. The second-order valence-corrected chi connectivity index (χ2v) is 4.99. The van der Waals surface area contributed by atoms with Gasteiger partial charge in [-0.25, -0.2) is 4.98 Å². The molecule has 1 atom stereocenters. The minimum atomic E-state index is 0.343. The standard InChI is InChI=1S/C14H14ClN3/c1-9-8-10-4-2-3-5-12(10)18(9)14-11(16)6-7-13(15)17-14/h2-7,9H,8,16H2,1H3. The van der Waals surface area contributed by atoms with E-state index in [4.69, 9.17) is 17.3 Å². The Morgan fingerprint density at radius 2 is 2.06 bits per heavy atom. The van der Waals surface area contributed by atoms with Crippen LogP contribution >= 0.6 is 11.6 Å². The smallest absolute Gasteiger partial charge is 0.158 e. The van der Waals surface area contributed by atoms with Gasteiger partial charge in [0.1, 0.15) is 5.15 Å². The number of halogens is 1. The van der Waals surface area contributed by atoms with Crippen LogP contribution in [0.5, 0.6) is 0 Å². The highest BCUT2D eigenvalue weighted by atomic mass is 35.5. The second kappa shape index (κ2) is 4.18. The maximum Gasteiger partial charge on any atom is 0.158 e. The quantitative estimate of drug-likeness (QED) is 0.798. The Balaban J connectivity index is 2.14. The van der Waals surface area contributed by atoms with Crippen LogP contribution < -0.4 is 10.6 Å². The lowest BCUT2D eigenvalue weighted by Gasteiger charge is -2.25. The van der Waals surface area contributed by atoms with Crippen molar-refractivity contribution in [2.24, 2.45) is 0 Å². The lowest BCUT2D eigenvalue weighted by Crippen LogP contribution is -2.25. The number of aromatic nitrogens is 1. The molecule has 0 amide bonds. The van der Waals surface area contributed by atoms with Crippen LogP contribution in [-0.2, 0) is 6.42 Å². The minimum absolute atomic E-state index is 0.343. The summed E-state index contributed by atoms with van der Waals surface area (Å²) in [7, 11) is 0. The van der Waals surface area contributed by atoms with Gasteiger partial charge in [-0.15, -0.1) is 0 Å². The molecular weight excluding hydrogens is 246 g/mol. The minimum Gasteiger partial charge on any atom is -0.396 e. The maximum atomic E-state index is 6.03. The van der Waals surface area contributed by atoms with Crippen LogP contribution in [0.1, 0.15) is 12.5 Å². The molecule has 3 rings (SSSR count). The Kier molecular flexibility index (Phi) is 2.63. The topological polar surface area (TPSA) is 42.2 Å². The van der Waals surface area contributed by atoms with Gasteiger partial charge in [0, 0.05) is 11.7 Å². The summed E-state index contributed by atoms with van der Waals surface area (Å²) in [6.45, 7) is 2.17. The van der Waals surface area contributed by atoms with Crippen LogP contribution in [0.4, 0.5) is 17.2 Å². The van der Waals surface area contributed by atoms with E-state index in [2.05, 4.69) is 35.0 Å². The van der Waals surface area contributed by atoms with Crippen molar-refractivity contribution in [1.82, 2.24) is 4.98 Å². The number of hydrogen-bond donors (Lipinski definition) is 1. The van der Waals surface area contributed by atoms with Crippen LogP contribution in [0.2, 0.25) is 5.15 Å². The van der Waals surface area contributed by atoms with Crippen LogP contribution in [0.15, 0.2) is 36.4 Å². The van der Waals surface area contributed by atoms with Gasteiger partial charge in [-0.3, -0.25) is 0 Å².